The van der Waals surface area contributed by atoms with E-state index in [0.29, 0.717) is 13.2 Å². The van der Waals surface area contributed by atoms with E-state index in [-0.39, 0.29) is 6.04 Å². The summed E-state index contributed by atoms with van der Waals surface area (Å²) in [6.07, 6.45) is 0. The third-order valence-corrected chi connectivity index (χ3v) is 3.18. The topological polar surface area (TPSA) is 52.8 Å². The van der Waals surface area contributed by atoms with Crippen LogP contribution in [-0.4, -0.2) is 26.4 Å². The number of rotatable bonds is 1. The van der Waals surface area contributed by atoms with Crippen molar-refractivity contribution in [3.8, 4) is 11.5 Å². The Bertz CT molecular complexity index is 554. The summed E-state index contributed by atoms with van der Waals surface area (Å²) in [4.78, 5) is 4.41. The van der Waals surface area contributed by atoms with Gasteiger partial charge >= 0.3 is 0 Å². The number of hydrogen-bond donors (Lipinski definition) is 0. The van der Waals surface area contributed by atoms with Crippen molar-refractivity contribution in [2.75, 3.05) is 6.61 Å². The molecular weight excluding hydrogens is 284 g/mol. The number of halogens is 1. The maximum atomic E-state index is 5.43. The van der Waals surface area contributed by atoms with Crippen molar-refractivity contribution in [3.63, 3.8) is 0 Å². The van der Waals surface area contributed by atoms with Crippen LogP contribution in [0, 0.1) is 0 Å². The molecule has 0 amide bonds. The van der Waals surface area contributed by atoms with E-state index in [4.69, 9.17) is 4.74 Å². The van der Waals surface area contributed by atoms with Gasteiger partial charge in [0.15, 0.2) is 11.6 Å². The summed E-state index contributed by atoms with van der Waals surface area (Å²) >= 11 is 3.37. The summed E-state index contributed by atoms with van der Waals surface area (Å²) in [7, 11) is 0. The quantitative estimate of drug-likeness (QED) is 0.757. The van der Waals surface area contributed by atoms with Crippen LogP contribution in [-0.2, 0) is 11.3 Å². The van der Waals surface area contributed by atoms with Crippen molar-refractivity contribution in [1.82, 2.24) is 19.7 Å². The van der Waals surface area contributed by atoms with Crippen LogP contribution in [0.15, 0.2) is 22.8 Å². The normalized spacial score (nSPS) is 19.1. The molecule has 0 bridgehead atoms. The van der Waals surface area contributed by atoms with E-state index in [9.17, 15) is 0 Å². The van der Waals surface area contributed by atoms with Crippen molar-refractivity contribution in [2.24, 2.45) is 0 Å². The Morgan fingerprint density at radius 1 is 1.41 bits per heavy atom. The molecule has 0 spiro atoms. The second-order valence-corrected chi connectivity index (χ2v) is 4.83. The predicted molar refractivity (Wildman–Crippen MR) is 65.3 cm³/mol. The lowest BCUT2D eigenvalue weighted by molar-refractivity contribution is 0.0609. The fourth-order valence-corrected chi connectivity index (χ4v) is 2.33. The Labute approximate surface area is 107 Å². The van der Waals surface area contributed by atoms with Gasteiger partial charge in [0.05, 0.1) is 12.6 Å². The summed E-state index contributed by atoms with van der Waals surface area (Å²) < 4.78 is 8.32. The van der Waals surface area contributed by atoms with E-state index in [1.165, 1.54) is 0 Å². The van der Waals surface area contributed by atoms with Crippen LogP contribution in [0.5, 0.6) is 0 Å². The molecule has 2 aromatic rings. The molecule has 0 saturated carbocycles. The van der Waals surface area contributed by atoms with Gasteiger partial charge in [0, 0.05) is 0 Å². The maximum Gasteiger partial charge on any atom is 0.183 e. The van der Waals surface area contributed by atoms with E-state index in [0.717, 1.165) is 21.9 Å². The van der Waals surface area contributed by atoms with E-state index in [1.807, 2.05) is 18.2 Å². The van der Waals surface area contributed by atoms with E-state index < -0.39 is 0 Å². The summed E-state index contributed by atoms with van der Waals surface area (Å²) in [5.41, 5.74) is 0.826. The van der Waals surface area contributed by atoms with Crippen LogP contribution in [0.3, 0.4) is 0 Å². The first-order valence-corrected chi connectivity index (χ1v) is 6.19. The van der Waals surface area contributed by atoms with E-state index in [2.05, 4.69) is 42.6 Å². The average molecular weight is 295 g/mol. The van der Waals surface area contributed by atoms with Crippen LogP contribution in [0.2, 0.25) is 0 Å². The highest BCUT2D eigenvalue weighted by Gasteiger charge is 2.23. The molecule has 3 heterocycles. The van der Waals surface area contributed by atoms with Crippen LogP contribution in [0.1, 0.15) is 18.8 Å². The van der Waals surface area contributed by atoms with Gasteiger partial charge in [0.2, 0.25) is 0 Å². The fourth-order valence-electron chi connectivity index (χ4n) is 1.99. The largest absolute Gasteiger partial charge is 0.371 e. The first kappa shape index (κ1) is 10.9. The number of hydrogen-bond acceptors (Lipinski definition) is 4. The number of fused-ring (bicyclic) bond motifs is 1. The lowest BCUT2D eigenvalue weighted by Crippen LogP contribution is -2.22. The molecule has 88 valence electrons. The van der Waals surface area contributed by atoms with E-state index in [1.54, 1.807) is 0 Å². The summed E-state index contributed by atoms with van der Waals surface area (Å²) in [5.74, 6) is 1.66. The smallest absolute Gasteiger partial charge is 0.183 e. The summed E-state index contributed by atoms with van der Waals surface area (Å²) in [6, 6.07) is 6.01. The molecule has 5 nitrogen and oxygen atoms in total. The van der Waals surface area contributed by atoms with Gasteiger partial charge in [-0.1, -0.05) is 6.07 Å². The molecule has 0 radical (unpaired) electrons. The van der Waals surface area contributed by atoms with Crippen molar-refractivity contribution in [2.45, 2.75) is 19.6 Å². The number of aromatic nitrogens is 4. The monoisotopic (exact) mass is 294 g/mol. The van der Waals surface area contributed by atoms with Crippen LogP contribution < -0.4 is 0 Å². The molecule has 1 atom stereocenters. The van der Waals surface area contributed by atoms with Gasteiger partial charge in [-0.3, -0.25) is 0 Å². The van der Waals surface area contributed by atoms with Crippen LogP contribution in [0.25, 0.3) is 11.5 Å². The molecule has 0 aliphatic carbocycles. The number of nitrogens with zero attached hydrogens (tertiary/aromatic N) is 4. The molecule has 1 aliphatic rings. The predicted octanol–water partition coefficient (Wildman–Crippen LogP) is 2.19. The second kappa shape index (κ2) is 4.19. The van der Waals surface area contributed by atoms with Crippen LogP contribution >= 0.6 is 15.9 Å². The van der Waals surface area contributed by atoms with Crippen molar-refractivity contribution < 1.29 is 4.74 Å². The number of ether oxygens (including phenoxy) is 1. The Morgan fingerprint density at radius 2 is 2.29 bits per heavy atom. The Kier molecular flexibility index (Phi) is 2.68. The van der Waals surface area contributed by atoms with Gasteiger partial charge in [0.25, 0.3) is 0 Å². The zero-order chi connectivity index (χ0) is 11.8. The lowest BCUT2D eigenvalue weighted by Gasteiger charge is -2.22. The molecule has 0 saturated heterocycles. The minimum Gasteiger partial charge on any atom is -0.371 e. The number of pyridine rings is 1. The highest BCUT2D eigenvalue weighted by atomic mass is 79.9. The molecule has 17 heavy (non-hydrogen) atoms. The lowest BCUT2D eigenvalue weighted by atomic mass is 10.2. The molecule has 1 aliphatic heterocycles. The van der Waals surface area contributed by atoms with Crippen LogP contribution in [0.4, 0.5) is 0 Å². The third-order valence-electron chi connectivity index (χ3n) is 2.74. The second-order valence-electron chi connectivity index (χ2n) is 4.02. The van der Waals surface area contributed by atoms with Crippen molar-refractivity contribution in [3.05, 3.63) is 28.6 Å². The SMILES string of the molecule is CC1COCc2nnc(-c3cccc(Br)n3)n21. The zero-order valence-electron chi connectivity index (χ0n) is 9.30. The van der Waals surface area contributed by atoms with Gasteiger partial charge in [-0.05, 0) is 35.0 Å². The summed E-state index contributed by atoms with van der Waals surface area (Å²) in [5, 5.41) is 8.36. The van der Waals surface area contributed by atoms with Crippen molar-refractivity contribution >= 4 is 15.9 Å². The van der Waals surface area contributed by atoms with E-state index >= 15 is 0 Å². The van der Waals surface area contributed by atoms with Gasteiger partial charge in [-0.25, -0.2) is 4.98 Å². The van der Waals surface area contributed by atoms with Crippen molar-refractivity contribution in [1.29, 1.82) is 0 Å². The van der Waals surface area contributed by atoms with Gasteiger partial charge in [-0.2, -0.15) is 0 Å². The molecule has 3 rings (SSSR count). The third kappa shape index (κ3) is 1.87. The molecular formula is C11H11BrN4O. The van der Waals surface area contributed by atoms with Gasteiger partial charge in [0.1, 0.15) is 16.9 Å². The first-order chi connectivity index (χ1) is 8.25. The highest BCUT2D eigenvalue weighted by molar-refractivity contribution is 9.10. The molecule has 0 aromatic carbocycles. The molecule has 0 N–H and O–H groups in total. The van der Waals surface area contributed by atoms with Gasteiger partial charge < -0.3 is 9.30 Å². The minimum absolute atomic E-state index is 0.240. The average Bonchev–Trinajstić information content (AvgIpc) is 2.74. The standard InChI is InChI=1S/C11H11BrN4O/c1-7-5-17-6-10-14-15-11(16(7)10)8-3-2-4-9(12)13-8/h2-4,7H,5-6H2,1H3. The molecule has 6 heteroatoms. The zero-order valence-corrected chi connectivity index (χ0v) is 10.9. The summed E-state index contributed by atoms with van der Waals surface area (Å²) in [6.45, 7) is 3.30. The Hall–Kier alpha value is -1.27. The molecule has 0 fully saturated rings. The fraction of sp³-hybridized carbons (Fsp3) is 0.364. The Balaban J connectivity index is 2.13. The first-order valence-electron chi connectivity index (χ1n) is 5.40. The minimum atomic E-state index is 0.240. The maximum absolute atomic E-state index is 5.43. The Morgan fingerprint density at radius 3 is 3.12 bits per heavy atom. The highest BCUT2D eigenvalue weighted by Crippen LogP contribution is 2.25. The molecule has 1 unspecified atom stereocenters. The van der Waals surface area contributed by atoms with Gasteiger partial charge in [-0.15, -0.1) is 10.2 Å². The molecule has 2 aromatic heterocycles.